The molecule has 1 N–H and O–H groups in total. The molecule has 0 aliphatic rings. The van der Waals surface area contributed by atoms with Crippen molar-refractivity contribution in [2.24, 2.45) is 0 Å². The third kappa shape index (κ3) is 2.91. The third-order valence-corrected chi connectivity index (χ3v) is 2.85. The summed E-state index contributed by atoms with van der Waals surface area (Å²) in [6.07, 6.45) is 1.11. The summed E-state index contributed by atoms with van der Waals surface area (Å²) in [6, 6.07) is 6.43. The third-order valence-electron chi connectivity index (χ3n) is 2.19. The zero-order chi connectivity index (χ0) is 10.6. The average molecular weight is 258 g/mol. The van der Waals surface area contributed by atoms with E-state index in [1.807, 2.05) is 18.2 Å². The van der Waals surface area contributed by atoms with Crippen LogP contribution in [0.1, 0.15) is 20.3 Å². The van der Waals surface area contributed by atoms with Crippen LogP contribution in [0.5, 0.6) is 5.75 Å². The van der Waals surface area contributed by atoms with Gasteiger partial charge in [0.15, 0.2) is 0 Å². The van der Waals surface area contributed by atoms with Crippen LogP contribution in [-0.4, -0.2) is 13.2 Å². The Hall–Kier alpha value is -0.700. The minimum absolute atomic E-state index is 0.486. The van der Waals surface area contributed by atoms with Crippen LogP contribution in [0.3, 0.4) is 0 Å². The number of nitrogens with one attached hydrogen (secondary N) is 1. The topological polar surface area (TPSA) is 21.3 Å². The van der Waals surface area contributed by atoms with Crippen LogP contribution in [0, 0.1) is 0 Å². The van der Waals surface area contributed by atoms with Crippen LogP contribution in [-0.2, 0) is 0 Å². The highest BCUT2D eigenvalue weighted by molar-refractivity contribution is 9.10. The summed E-state index contributed by atoms with van der Waals surface area (Å²) >= 11 is 3.50. The van der Waals surface area contributed by atoms with Crippen molar-refractivity contribution in [3.05, 3.63) is 22.7 Å². The summed E-state index contributed by atoms with van der Waals surface area (Å²) in [5.74, 6) is 0.867. The van der Waals surface area contributed by atoms with Crippen LogP contribution in [0.15, 0.2) is 22.7 Å². The Bertz CT molecular complexity index is 301. The van der Waals surface area contributed by atoms with Gasteiger partial charge in [0.25, 0.3) is 0 Å². The molecule has 0 heterocycles. The summed E-state index contributed by atoms with van der Waals surface area (Å²) < 4.78 is 6.16. The van der Waals surface area contributed by atoms with E-state index in [2.05, 4.69) is 35.1 Å². The number of methoxy groups -OCH3 is 1. The number of halogens is 1. The lowest BCUT2D eigenvalue weighted by Gasteiger charge is -2.14. The van der Waals surface area contributed by atoms with E-state index in [4.69, 9.17) is 4.74 Å². The minimum atomic E-state index is 0.486. The van der Waals surface area contributed by atoms with Crippen molar-refractivity contribution in [1.82, 2.24) is 0 Å². The predicted molar refractivity (Wildman–Crippen MR) is 64.1 cm³/mol. The van der Waals surface area contributed by atoms with Gasteiger partial charge in [0, 0.05) is 16.2 Å². The summed E-state index contributed by atoms with van der Waals surface area (Å²) in [7, 11) is 1.67. The van der Waals surface area contributed by atoms with Gasteiger partial charge in [-0.3, -0.25) is 0 Å². The second-order valence-electron chi connectivity index (χ2n) is 3.30. The highest BCUT2D eigenvalue weighted by Crippen LogP contribution is 2.27. The van der Waals surface area contributed by atoms with Crippen molar-refractivity contribution in [3.63, 3.8) is 0 Å². The van der Waals surface area contributed by atoms with Gasteiger partial charge in [-0.25, -0.2) is 0 Å². The molecule has 0 aliphatic heterocycles. The van der Waals surface area contributed by atoms with Gasteiger partial charge < -0.3 is 10.1 Å². The van der Waals surface area contributed by atoms with Gasteiger partial charge in [-0.2, -0.15) is 0 Å². The minimum Gasteiger partial charge on any atom is -0.497 e. The quantitative estimate of drug-likeness (QED) is 0.889. The molecule has 2 nitrogen and oxygen atoms in total. The first-order valence-corrected chi connectivity index (χ1v) is 5.56. The smallest absolute Gasteiger partial charge is 0.120 e. The number of hydrogen-bond acceptors (Lipinski definition) is 2. The van der Waals surface area contributed by atoms with Gasteiger partial charge in [-0.15, -0.1) is 0 Å². The van der Waals surface area contributed by atoms with E-state index in [0.717, 1.165) is 22.3 Å². The molecule has 0 saturated heterocycles. The zero-order valence-corrected chi connectivity index (χ0v) is 10.4. The van der Waals surface area contributed by atoms with Crippen LogP contribution in [0.2, 0.25) is 0 Å². The van der Waals surface area contributed by atoms with E-state index >= 15 is 0 Å². The van der Waals surface area contributed by atoms with Crippen molar-refractivity contribution in [3.8, 4) is 5.75 Å². The molecule has 14 heavy (non-hydrogen) atoms. The molecule has 1 atom stereocenters. The first kappa shape index (κ1) is 11.4. The molecule has 0 saturated carbocycles. The SMILES string of the molecule is CCC(C)Nc1ccc(OC)cc1Br. The molecule has 1 aromatic carbocycles. The van der Waals surface area contributed by atoms with Crippen molar-refractivity contribution in [2.75, 3.05) is 12.4 Å². The summed E-state index contributed by atoms with van der Waals surface area (Å²) in [6.45, 7) is 4.33. The van der Waals surface area contributed by atoms with Crippen LogP contribution < -0.4 is 10.1 Å². The van der Waals surface area contributed by atoms with Crippen molar-refractivity contribution in [1.29, 1.82) is 0 Å². The number of ether oxygens (including phenoxy) is 1. The van der Waals surface area contributed by atoms with Gasteiger partial charge in [-0.1, -0.05) is 6.92 Å². The lowest BCUT2D eigenvalue weighted by molar-refractivity contribution is 0.414. The first-order valence-electron chi connectivity index (χ1n) is 4.77. The molecule has 3 heteroatoms. The largest absolute Gasteiger partial charge is 0.497 e. The fourth-order valence-corrected chi connectivity index (χ4v) is 1.58. The maximum Gasteiger partial charge on any atom is 0.120 e. The van der Waals surface area contributed by atoms with Gasteiger partial charge >= 0.3 is 0 Å². The van der Waals surface area contributed by atoms with Crippen molar-refractivity contribution in [2.45, 2.75) is 26.3 Å². The van der Waals surface area contributed by atoms with Gasteiger partial charge in [-0.05, 0) is 47.5 Å². The molecule has 0 radical (unpaired) electrons. The van der Waals surface area contributed by atoms with Crippen molar-refractivity contribution >= 4 is 21.6 Å². The molecule has 0 aromatic heterocycles. The Morgan fingerprint density at radius 2 is 2.21 bits per heavy atom. The molecule has 0 bridgehead atoms. The molecule has 1 unspecified atom stereocenters. The summed E-state index contributed by atoms with van der Waals surface area (Å²) in [5.41, 5.74) is 1.11. The second-order valence-corrected chi connectivity index (χ2v) is 4.15. The zero-order valence-electron chi connectivity index (χ0n) is 8.80. The van der Waals surface area contributed by atoms with Gasteiger partial charge in [0.05, 0.1) is 7.11 Å². The monoisotopic (exact) mass is 257 g/mol. The summed E-state index contributed by atoms with van der Waals surface area (Å²) in [4.78, 5) is 0. The van der Waals surface area contributed by atoms with Gasteiger partial charge in [0.2, 0.25) is 0 Å². The van der Waals surface area contributed by atoms with Crippen LogP contribution >= 0.6 is 15.9 Å². The lowest BCUT2D eigenvalue weighted by atomic mass is 10.2. The van der Waals surface area contributed by atoms with E-state index in [0.29, 0.717) is 6.04 Å². The second kappa shape index (κ2) is 5.25. The number of benzene rings is 1. The van der Waals surface area contributed by atoms with Crippen LogP contribution in [0.4, 0.5) is 5.69 Å². The van der Waals surface area contributed by atoms with Crippen molar-refractivity contribution < 1.29 is 4.74 Å². The normalized spacial score (nSPS) is 12.3. The molecule has 0 spiro atoms. The highest BCUT2D eigenvalue weighted by atomic mass is 79.9. The van der Waals surface area contributed by atoms with E-state index < -0.39 is 0 Å². The predicted octanol–water partition coefficient (Wildman–Crippen LogP) is 3.67. The Kier molecular flexibility index (Phi) is 4.26. The fourth-order valence-electron chi connectivity index (χ4n) is 1.11. The fraction of sp³-hybridized carbons (Fsp3) is 0.455. The number of anilines is 1. The number of rotatable bonds is 4. The van der Waals surface area contributed by atoms with E-state index in [1.165, 1.54) is 0 Å². The van der Waals surface area contributed by atoms with E-state index in [1.54, 1.807) is 7.11 Å². The maximum absolute atomic E-state index is 5.12. The molecule has 1 aromatic rings. The number of hydrogen-bond donors (Lipinski definition) is 1. The lowest BCUT2D eigenvalue weighted by Crippen LogP contribution is -2.13. The Morgan fingerprint density at radius 1 is 1.50 bits per heavy atom. The summed E-state index contributed by atoms with van der Waals surface area (Å²) in [5, 5.41) is 3.41. The Labute approximate surface area is 93.8 Å². The van der Waals surface area contributed by atoms with E-state index in [-0.39, 0.29) is 0 Å². The van der Waals surface area contributed by atoms with Crippen LogP contribution in [0.25, 0.3) is 0 Å². The Balaban J connectivity index is 2.78. The molecule has 0 aliphatic carbocycles. The molecular formula is C11H16BrNO. The maximum atomic E-state index is 5.12. The van der Waals surface area contributed by atoms with Gasteiger partial charge in [0.1, 0.15) is 5.75 Å². The standard InChI is InChI=1S/C11H16BrNO/c1-4-8(2)13-11-6-5-9(14-3)7-10(11)12/h5-8,13H,4H2,1-3H3. The molecule has 0 fully saturated rings. The molecule has 0 amide bonds. The molecule has 78 valence electrons. The highest BCUT2D eigenvalue weighted by Gasteiger charge is 2.03. The average Bonchev–Trinajstić information content (AvgIpc) is 2.20. The molecule has 1 rings (SSSR count). The Morgan fingerprint density at radius 3 is 2.71 bits per heavy atom. The van der Waals surface area contributed by atoms with E-state index in [9.17, 15) is 0 Å². The molecular weight excluding hydrogens is 242 g/mol. The first-order chi connectivity index (χ1) is 6.67.